The number of aromatic nitrogens is 2. The molecule has 90 valence electrons. The van der Waals surface area contributed by atoms with Gasteiger partial charge in [0.1, 0.15) is 16.4 Å². The number of nitrogens with two attached hydrogens (primary N) is 1. The van der Waals surface area contributed by atoms with Crippen molar-refractivity contribution in [2.24, 2.45) is 0 Å². The number of anilines is 1. The molecule has 3 rings (SSSR count). The predicted octanol–water partition coefficient (Wildman–Crippen LogP) is 2.95. The Labute approximate surface area is 108 Å². The van der Waals surface area contributed by atoms with E-state index in [0.29, 0.717) is 11.6 Å². The van der Waals surface area contributed by atoms with Gasteiger partial charge in [0.2, 0.25) is 0 Å². The fraction of sp³-hybridized carbons (Fsp3) is 0.0769. The monoisotopic (exact) mass is 257 g/mol. The molecule has 0 fully saturated rings. The summed E-state index contributed by atoms with van der Waals surface area (Å²) >= 11 is 1.56. The molecule has 0 bridgehead atoms. The zero-order valence-electron chi connectivity index (χ0n) is 9.75. The van der Waals surface area contributed by atoms with E-state index < -0.39 is 0 Å². The Morgan fingerprint density at radius 1 is 1.11 bits per heavy atom. The zero-order valence-corrected chi connectivity index (χ0v) is 10.6. The summed E-state index contributed by atoms with van der Waals surface area (Å²) < 4.78 is 5.12. The molecule has 0 unspecified atom stereocenters. The summed E-state index contributed by atoms with van der Waals surface area (Å²) in [5.41, 5.74) is 6.85. The molecule has 0 saturated carbocycles. The van der Waals surface area contributed by atoms with Crippen LogP contribution in [0, 0.1) is 0 Å². The van der Waals surface area contributed by atoms with Crippen LogP contribution in [0.25, 0.3) is 21.6 Å². The summed E-state index contributed by atoms with van der Waals surface area (Å²) in [6.07, 6.45) is 0. The molecule has 2 heterocycles. The van der Waals surface area contributed by atoms with Gasteiger partial charge in [-0.3, -0.25) is 0 Å². The van der Waals surface area contributed by atoms with E-state index in [2.05, 4.69) is 9.97 Å². The quantitative estimate of drug-likeness (QED) is 0.766. The van der Waals surface area contributed by atoms with Crippen molar-refractivity contribution in [1.82, 2.24) is 9.97 Å². The molecule has 18 heavy (non-hydrogen) atoms. The van der Waals surface area contributed by atoms with Gasteiger partial charge < -0.3 is 10.5 Å². The molecule has 0 spiro atoms. The van der Waals surface area contributed by atoms with E-state index in [1.807, 2.05) is 35.7 Å². The van der Waals surface area contributed by atoms with E-state index >= 15 is 0 Å². The van der Waals surface area contributed by atoms with E-state index in [1.165, 1.54) is 0 Å². The van der Waals surface area contributed by atoms with Crippen LogP contribution in [0.2, 0.25) is 0 Å². The zero-order chi connectivity index (χ0) is 12.5. The normalized spacial score (nSPS) is 10.7. The Balaban J connectivity index is 2.12. The lowest BCUT2D eigenvalue weighted by Crippen LogP contribution is -1.96. The average molecular weight is 257 g/mol. The van der Waals surface area contributed by atoms with E-state index in [9.17, 15) is 0 Å². The SMILES string of the molecule is COc1ccc(-c2nc(N)c3ccsc3n2)cc1. The van der Waals surface area contributed by atoms with Crippen molar-refractivity contribution in [3.05, 3.63) is 35.7 Å². The first-order chi connectivity index (χ1) is 8.78. The molecular formula is C13H11N3OS. The number of hydrogen-bond donors (Lipinski definition) is 1. The maximum absolute atomic E-state index is 5.93. The van der Waals surface area contributed by atoms with E-state index in [0.717, 1.165) is 21.5 Å². The molecule has 0 atom stereocenters. The standard InChI is InChI=1S/C13H11N3OS/c1-17-9-4-2-8(3-5-9)12-15-11(14)10-6-7-18-13(10)16-12/h2-7H,1H3,(H2,14,15,16). The van der Waals surface area contributed by atoms with Gasteiger partial charge in [-0.15, -0.1) is 11.3 Å². The van der Waals surface area contributed by atoms with E-state index in [-0.39, 0.29) is 0 Å². The second-order valence-electron chi connectivity index (χ2n) is 3.80. The molecular weight excluding hydrogens is 246 g/mol. The molecule has 0 aliphatic rings. The third kappa shape index (κ3) is 1.78. The molecule has 2 aromatic heterocycles. The number of benzene rings is 1. The minimum absolute atomic E-state index is 0.520. The predicted molar refractivity (Wildman–Crippen MR) is 73.8 cm³/mol. The minimum Gasteiger partial charge on any atom is -0.497 e. The van der Waals surface area contributed by atoms with Gasteiger partial charge in [0.25, 0.3) is 0 Å². The Morgan fingerprint density at radius 3 is 2.61 bits per heavy atom. The Bertz CT molecular complexity index is 691. The first-order valence-electron chi connectivity index (χ1n) is 5.43. The van der Waals surface area contributed by atoms with Crippen LogP contribution in [0.3, 0.4) is 0 Å². The van der Waals surface area contributed by atoms with Crippen molar-refractivity contribution in [2.75, 3.05) is 12.8 Å². The van der Waals surface area contributed by atoms with Crippen molar-refractivity contribution in [3.63, 3.8) is 0 Å². The summed E-state index contributed by atoms with van der Waals surface area (Å²) in [7, 11) is 1.64. The third-order valence-electron chi connectivity index (χ3n) is 2.70. The Hall–Kier alpha value is -2.14. The van der Waals surface area contributed by atoms with Crippen LogP contribution in [0.4, 0.5) is 5.82 Å². The van der Waals surface area contributed by atoms with Gasteiger partial charge >= 0.3 is 0 Å². The van der Waals surface area contributed by atoms with Gasteiger partial charge in [0, 0.05) is 5.56 Å². The van der Waals surface area contributed by atoms with Gasteiger partial charge in [-0.25, -0.2) is 9.97 Å². The van der Waals surface area contributed by atoms with Crippen molar-refractivity contribution >= 4 is 27.4 Å². The van der Waals surface area contributed by atoms with Crippen LogP contribution >= 0.6 is 11.3 Å². The molecule has 0 saturated heterocycles. The summed E-state index contributed by atoms with van der Waals surface area (Å²) in [6, 6.07) is 9.55. The van der Waals surface area contributed by atoms with Crippen LogP contribution < -0.4 is 10.5 Å². The number of nitrogen functional groups attached to an aromatic ring is 1. The average Bonchev–Trinajstić information content (AvgIpc) is 2.88. The number of ether oxygens (including phenoxy) is 1. The number of rotatable bonds is 2. The Kier molecular flexibility index (Phi) is 2.60. The smallest absolute Gasteiger partial charge is 0.163 e. The number of nitrogens with zero attached hydrogens (tertiary/aromatic N) is 2. The fourth-order valence-corrected chi connectivity index (χ4v) is 2.52. The van der Waals surface area contributed by atoms with Crippen LogP contribution in [-0.2, 0) is 0 Å². The van der Waals surface area contributed by atoms with Crippen molar-refractivity contribution in [2.45, 2.75) is 0 Å². The first-order valence-corrected chi connectivity index (χ1v) is 6.31. The molecule has 3 aromatic rings. The second-order valence-corrected chi connectivity index (χ2v) is 4.69. The van der Waals surface area contributed by atoms with Crippen LogP contribution in [-0.4, -0.2) is 17.1 Å². The Morgan fingerprint density at radius 2 is 1.89 bits per heavy atom. The summed E-state index contributed by atoms with van der Waals surface area (Å²) in [5.74, 6) is 1.97. The highest BCUT2D eigenvalue weighted by atomic mass is 32.1. The lowest BCUT2D eigenvalue weighted by Gasteiger charge is -2.04. The lowest BCUT2D eigenvalue weighted by molar-refractivity contribution is 0.415. The maximum atomic E-state index is 5.93. The number of hydrogen-bond acceptors (Lipinski definition) is 5. The fourth-order valence-electron chi connectivity index (χ4n) is 1.75. The summed E-state index contributed by atoms with van der Waals surface area (Å²) in [6.45, 7) is 0. The third-order valence-corrected chi connectivity index (χ3v) is 3.51. The molecule has 0 aliphatic heterocycles. The van der Waals surface area contributed by atoms with Crippen LogP contribution in [0.5, 0.6) is 5.75 Å². The first kappa shape index (κ1) is 11.0. The number of thiophene rings is 1. The molecule has 1 aromatic carbocycles. The number of methoxy groups -OCH3 is 1. The molecule has 0 amide bonds. The van der Waals surface area contributed by atoms with Gasteiger partial charge in [0.15, 0.2) is 5.82 Å². The highest BCUT2D eigenvalue weighted by Gasteiger charge is 2.08. The van der Waals surface area contributed by atoms with Crippen molar-refractivity contribution < 1.29 is 4.74 Å². The van der Waals surface area contributed by atoms with Crippen LogP contribution in [0.1, 0.15) is 0 Å². The van der Waals surface area contributed by atoms with Gasteiger partial charge in [-0.05, 0) is 35.7 Å². The molecule has 4 nitrogen and oxygen atoms in total. The minimum atomic E-state index is 0.520. The van der Waals surface area contributed by atoms with Crippen LogP contribution in [0.15, 0.2) is 35.7 Å². The largest absolute Gasteiger partial charge is 0.497 e. The second kappa shape index (κ2) is 4.27. The lowest BCUT2D eigenvalue weighted by atomic mass is 10.2. The summed E-state index contributed by atoms with van der Waals surface area (Å²) in [5, 5.41) is 2.88. The van der Waals surface area contributed by atoms with E-state index in [4.69, 9.17) is 10.5 Å². The van der Waals surface area contributed by atoms with Gasteiger partial charge in [0.05, 0.1) is 12.5 Å². The summed E-state index contributed by atoms with van der Waals surface area (Å²) in [4.78, 5) is 9.75. The van der Waals surface area contributed by atoms with Gasteiger partial charge in [-0.1, -0.05) is 0 Å². The van der Waals surface area contributed by atoms with E-state index in [1.54, 1.807) is 18.4 Å². The molecule has 0 radical (unpaired) electrons. The van der Waals surface area contributed by atoms with Gasteiger partial charge in [-0.2, -0.15) is 0 Å². The molecule has 5 heteroatoms. The topological polar surface area (TPSA) is 61.0 Å². The molecule has 0 aliphatic carbocycles. The molecule has 2 N–H and O–H groups in total. The highest BCUT2D eigenvalue weighted by molar-refractivity contribution is 7.16. The van der Waals surface area contributed by atoms with Crippen molar-refractivity contribution in [1.29, 1.82) is 0 Å². The van der Waals surface area contributed by atoms with Crippen molar-refractivity contribution in [3.8, 4) is 17.1 Å². The highest BCUT2D eigenvalue weighted by Crippen LogP contribution is 2.27. The number of fused-ring (bicyclic) bond motifs is 1. The maximum Gasteiger partial charge on any atom is 0.163 e.